The van der Waals surface area contributed by atoms with E-state index in [1.165, 1.54) is 12.5 Å². The lowest BCUT2D eigenvalue weighted by atomic mass is 9.98. The van der Waals surface area contributed by atoms with E-state index in [4.69, 9.17) is 0 Å². The Balaban J connectivity index is 1.92. The highest BCUT2D eigenvalue weighted by molar-refractivity contribution is 5.40. The van der Waals surface area contributed by atoms with E-state index in [0.29, 0.717) is 11.7 Å². The van der Waals surface area contributed by atoms with Gasteiger partial charge in [0.2, 0.25) is 0 Å². The van der Waals surface area contributed by atoms with Gasteiger partial charge in [-0.25, -0.2) is 9.37 Å². The van der Waals surface area contributed by atoms with Gasteiger partial charge in [0.15, 0.2) is 11.6 Å². The van der Waals surface area contributed by atoms with Gasteiger partial charge in [-0.05, 0) is 50.4 Å². The second-order valence-corrected chi connectivity index (χ2v) is 4.97. The van der Waals surface area contributed by atoms with E-state index in [9.17, 15) is 4.39 Å². The molecule has 1 aliphatic heterocycles. The Bertz CT molecular complexity index is 370. The van der Waals surface area contributed by atoms with Crippen LogP contribution in [0.2, 0.25) is 0 Å². The van der Waals surface area contributed by atoms with Gasteiger partial charge in [0.05, 0.1) is 0 Å². The van der Waals surface area contributed by atoms with Crippen molar-refractivity contribution in [1.82, 2.24) is 10.3 Å². The summed E-state index contributed by atoms with van der Waals surface area (Å²) < 4.78 is 13.7. The molecular formula is C14H22FN3. The van der Waals surface area contributed by atoms with Gasteiger partial charge in [-0.3, -0.25) is 0 Å². The van der Waals surface area contributed by atoms with Crippen molar-refractivity contribution in [3.63, 3.8) is 0 Å². The molecule has 0 radical (unpaired) electrons. The zero-order valence-electron chi connectivity index (χ0n) is 11.0. The number of piperidine rings is 1. The van der Waals surface area contributed by atoms with E-state index >= 15 is 0 Å². The van der Waals surface area contributed by atoms with Gasteiger partial charge in [-0.15, -0.1) is 0 Å². The van der Waals surface area contributed by atoms with Crippen LogP contribution in [-0.2, 0) is 0 Å². The molecule has 0 aromatic carbocycles. The van der Waals surface area contributed by atoms with Gasteiger partial charge in [-0.1, -0.05) is 6.92 Å². The summed E-state index contributed by atoms with van der Waals surface area (Å²) in [7, 11) is 0. The van der Waals surface area contributed by atoms with Gasteiger partial charge in [0.1, 0.15) is 0 Å². The van der Waals surface area contributed by atoms with Crippen molar-refractivity contribution in [3.05, 3.63) is 24.1 Å². The molecule has 1 aliphatic rings. The van der Waals surface area contributed by atoms with Crippen molar-refractivity contribution in [2.45, 2.75) is 26.2 Å². The topological polar surface area (TPSA) is 28.2 Å². The predicted molar refractivity (Wildman–Crippen MR) is 72.3 cm³/mol. The van der Waals surface area contributed by atoms with Crippen LogP contribution < -0.4 is 10.2 Å². The molecule has 1 aromatic rings. The first-order valence-corrected chi connectivity index (χ1v) is 6.87. The van der Waals surface area contributed by atoms with Gasteiger partial charge in [0, 0.05) is 19.3 Å². The molecule has 1 atom stereocenters. The fraction of sp³-hybridized carbons (Fsp3) is 0.643. The fourth-order valence-electron chi connectivity index (χ4n) is 2.52. The third-order valence-corrected chi connectivity index (χ3v) is 3.42. The second-order valence-electron chi connectivity index (χ2n) is 4.97. The van der Waals surface area contributed by atoms with E-state index < -0.39 is 0 Å². The van der Waals surface area contributed by atoms with Crippen LogP contribution in [0.3, 0.4) is 0 Å². The minimum Gasteiger partial charge on any atom is -0.354 e. The van der Waals surface area contributed by atoms with Crippen molar-refractivity contribution < 1.29 is 4.39 Å². The number of pyridine rings is 1. The van der Waals surface area contributed by atoms with Crippen LogP contribution >= 0.6 is 0 Å². The highest BCUT2D eigenvalue weighted by atomic mass is 19.1. The summed E-state index contributed by atoms with van der Waals surface area (Å²) in [6.07, 6.45) is 5.17. The van der Waals surface area contributed by atoms with Crippen LogP contribution in [0.15, 0.2) is 18.3 Å². The molecule has 4 heteroatoms. The lowest BCUT2D eigenvalue weighted by Gasteiger charge is -2.33. The monoisotopic (exact) mass is 251 g/mol. The molecule has 0 amide bonds. The maximum Gasteiger partial charge on any atom is 0.165 e. The first kappa shape index (κ1) is 13.3. The molecule has 2 heterocycles. The first-order chi connectivity index (χ1) is 8.81. The van der Waals surface area contributed by atoms with E-state index in [2.05, 4.69) is 22.1 Å². The molecule has 0 bridgehead atoms. The van der Waals surface area contributed by atoms with E-state index in [0.717, 1.165) is 39.0 Å². The Morgan fingerprint density at radius 1 is 1.56 bits per heavy atom. The molecule has 18 heavy (non-hydrogen) atoms. The average Bonchev–Trinajstić information content (AvgIpc) is 2.40. The Labute approximate surface area is 108 Å². The van der Waals surface area contributed by atoms with Crippen LogP contribution in [0.5, 0.6) is 0 Å². The van der Waals surface area contributed by atoms with E-state index in [-0.39, 0.29) is 5.82 Å². The Hall–Kier alpha value is -1.16. The summed E-state index contributed by atoms with van der Waals surface area (Å²) in [5.41, 5.74) is 0. The summed E-state index contributed by atoms with van der Waals surface area (Å²) in [6.45, 7) is 6.08. The lowest BCUT2D eigenvalue weighted by molar-refractivity contribution is 0.388. The quantitative estimate of drug-likeness (QED) is 0.815. The normalized spacial score (nSPS) is 20.1. The molecular weight excluding hydrogens is 229 g/mol. The molecule has 3 nitrogen and oxygen atoms in total. The SMILES string of the molecule is CCCNCC1CCCN(c2ncccc2F)C1. The molecule has 1 aromatic heterocycles. The van der Waals surface area contributed by atoms with Gasteiger partial charge >= 0.3 is 0 Å². The predicted octanol–water partition coefficient (Wildman–Crippen LogP) is 2.44. The maximum atomic E-state index is 13.7. The Kier molecular flexibility index (Phi) is 4.93. The largest absolute Gasteiger partial charge is 0.354 e. The van der Waals surface area contributed by atoms with Crippen LogP contribution in [0.1, 0.15) is 26.2 Å². The summed E-state index contributed by atoms with van der Waals surface area (Å²) in [6, 6.07) is 3.13. The molecule has 1 saturated heterocycles. The molecule has 100 valence electrons. The van der Waals surface area contributed by atoms with Crippen molar-refractivity contribution in [2.75, 3.05) is 31.1 Å². The maximum absolute atomic E-state index is 13.7. The zero-order valence-corrected chi connectivity index (χ0v) is 11.0. The molecule has 0 spiro atoms. The van der Waals surface area contributed by atoms with Gasteiger partial charge < -0.3 is 10.2 Å². The number of nitrogens with one attached hydrogen (secondary N) is 1. The third-order valence-electron chi connectivity index (χ3n) is 3.42. The highest BCUT2D eigenvalue weighted by Gasteiger charge is 2.22. The van der Waals surface area contributed by atoms with Crippen molar-refractivity contribution in [2.24, 2.45) is 5.92 Å². The summed E-state index contributed by atoms with van der Waals surface area (Å²) in [5.74, 6) is 0.907. The minimum absolute atomic E-state index is 0.209. The smallest absolute Gasteiger partial charge is 0.165 e. The van der Waals surface area contributed by atoms with Gasteiger partial charge in [0.25, 0.3) is 0 Å². The van der Waals surface area contributed by atoms with Crippen LogP contribution in [-0.4, -0.2) is 31.2 Å². The highest BCUT2D eigenvalue weighted by Crippen LogP contribution is 2.23. The zero-order chi connectivity index (χ0) is 12.8. The molecule has 0 saturated carbocycles. The second kappa shape index (κ2) is 6.69. The number of hydrogen-bond donors (Lipinski definition) is 1. The van der Waals surface area contributed by atoms with Crippen molar-refractivity contribution in [3.8, 4) is 0 Å². The molecule has 1 fully saturated rings. The Morgan fingerprint density at radius 3 is 3.22 bits per heavy atom. The number of anilines is 1. The minimum atomic E-state index is -0.209. The van der Waals surface area contributed by atoms with E-state index in [1.807, 2.05) is 0 Å². The number of nitrogens with zero attached hydrogens (tertiary/aromatic N) is 2. The number of halogens is 1. The Morgan fingerprint density at radius 2 is 2.44 bits per heavy atom. The third kappa shape index (κ3) is 3.42. The number of hydrogen-bond acceptors (Lipinski definition) is 3. The average molecular weight is 251 g/mol. The van der Waals surface area contributed by atoms with E-state index in [1.54, 1.807) is 12.3 Å². The number of aromatic nitrogens is 1. The van der Waals surface area contributed by atoms with Crippen LogP contribution in [0.4, 0.5) is 10.2 Å². The summed E-state index contributed by atoms with van der Waals surface area (Å²) >= 11 is 0. The molecule has 0 aliphatic carbocycles. The van der Waals surface area contributed by atoms with Gasteiger partial charge in [-0.2, -0.15) is 0 Å². The van der Waals surface area contributed by atoms with Crippen LogP contribution in [0.25, 0.3) is 0 Å². The summed E-state index contributed by atoms with van der Waals surface area (Å²) in [5, 5.41) is 3.45. The standard InChI is InChI=1S/C14H22FN3/c1-2-7-16-10-12-5-4-9-18(11-12)14-13(15)6-3-8-17-14/h3,6,8,12,16H,2,4-5,7,9-11H2,1H3. The fourth-order valence-corrected chi connectivity index (χ4v) is 2.52. The lowest BCUT2D eigenvalue weighted by Crippen LogP contribution is -2.40. The van der Waals surface area contributed by atoms with Crippen molar-refractivity contribution >= 4 is 5.82 Å². The summed E-state index contributed by atoms with van der Waals surface area (Å²) in [4.78, 5) is 6.24. The molecule has 1 N–H and O–H groups in total. The first-order valence-electron chi connectivity index (χ1n) is 6.87. The molecule has 1 unspecified atom stereocenters. The van der Waals surface area contributed by atoms with Crippen molar-refractivity contribution in [1.29, 1.82) is 0 Å². The number of rotatable bonds is 5. The molecule has 2 rings (SSSR count). The van der Waals surface area contributed by atoms with Crippen LogP contribution in [0, 0.1) is 11.7 Å².